The maximum Gasteiger partial charge on any atom is 0.232 e. The van der Waals surface area contributed by atoms with Crippen LogP contribution in [0.25, 0.3) is 6.08 Å². The van der Waals surface area contributed by atoms with E-state index in [1.54, 1.807) is 33.5 Å². The third-order valence-electron chi connectivity index (χ3n) is 6.54. The van der Waals surface area contributed by atoms with Crippen LogP contribution in [0.15, 0.2) is 48.2 Å². The minimum Gasteiger partial charge on any atom is -0.493 e. The first-order valence-electron chi connectivity index (χ1n) is 11.7. The molecular weight excluding hydrogens is 458 g/mol. The van der Waals surface area contributed by atoms with Crippen LogP contribution in [0.2, 0.25) is 0 Å². The van der Waals surface area contributed by atoms with Crippen LogP contribution in [0.4, 0.5) is 0 Å². The molecule has 7 heteroatoms. The van der Waals surface area contributed by atoms with Gasteiger partial charge in [-0.05, 0) is 49.2 Å². The molecule has 0 unspecified atom stereocenters. The van der Waals surface area contributed by atoms with Crippen molar-refractivity contribution >= 4 is 11.9 Å². The van der Waals surface area contributed by atoms with Crippen LogP contribution in [0, 0.1) is 13.8 Å². The molecule has 5 rings (SSSR count). The highest BCUT2D eigenvalue weighted by molar-refractivity contribution is 6.16. The molecule has 0 atom stereocenters. The highest BCUT2D eigenvalue weighted by Gasteiger charge is 2.35. The Kier molecular flexibility index (Phi) is 6.33. The molecule has 3 aromatic carbocycles. The highest BCUT2D eigenvalue weighted by Crippen LogP contribution is 2.46. The van der Waals surface area contributed by atoms with Gasteiger partial charge in [0.1, 0.15) is 18.2 Å². The molecule has 2 heterocycles. The summed E-state index contributed by atoms with van der Waals surface area (Å²) >= 11 is 0. The lowest BCUT2D eigenvalue weighted by Crippen LogP contribution is -2.31. The van der Waals surface area contributed by atoms with E-state index in [0.717, 1.165) is 23.4 Å². The van der Waals surface area contributed by atoms with Crippen molar-refractivity contribution in [3.8, 4) is 28.7 Å². The van der Waals surface area contributed by atoms with Gasteiger partial charge in [0.15, 0.2) is 17.3 Å². The Morgan fingerprint density at radius 1 is 0.972 bits per heavy atom. The lowest BCUT2D eigenvalue weighted by Gasteiger charge is -2.30. The van der Waals surface area contributed by atoms with Gasteiger partial charge in [-0.1, -0.05) is 29.8 Å². The van der Waals surface area contributed by atoms with Crippen molar-refractivity contribution < 1.29 is 28.5 Å². The van der Waals surface area contributed by atoms with Crippen molar-refractivity contribution in [2.75, 3.05) is 28.1 Å². The Labute approximate surface area is 210 Å². The topological polar surface area (TPSA) is 66.5 Å². The maximum atomic E-state index is 13.4. The Hall–Kier alpha value is -3.97. The fourth-order valence-corrected chi connectivity index (χ4v) is 4.71. The normalized spacial score (nSPS) is 15.7. The third kappa shape index (κ3) is 4.16. The molecule has 186 valence electrons. The molecule has 36 heavy (non-hydrogen) atoms. The number of rotatable bonds is 6. The minimum absolute atomic E-state index is 0.169. The molecule has 0 bridgehead atoms. The minimum atomic E-state index is -0.169. The van der Waals surface area contributed by atoms with E-state index in [1.165, 1.54) is 11.1 Å². The van der Waals surface area contributed by atoms with E-state index in [9.17, 15) is 4.79 Å². The van der Waals surface area contributed by atoms with Crippen molar-refractivity contribution in [1.82, 2.24) is 4.90 Å². The lowest BCUT2D eigenvalue weighted by atomic mass is 9.98. The molecule has 0 saturated heterocycles. The molecule has 0 saturated carbocycles. The van der Waals surface area contributed by atoms with Gasteiger partial charge in [-0.15, -0.1) is 0 Å². The molecule has 0 spiro atoms. The van der Waals surface area contributed by atoms with Crippen molar-refractivity contribution in [2.45, 2.75) is 26.9 Å². The van der Waals surface area contributed by atoms with E-state index in [0.29, 0.717) is 47.4 Å². The molecule has 0 aliphatic carbocycles. The monoisotopic (exact) mass is 487 g/mol. The van der Waals surface area contributed by atoms with E-state index >= 15 is 0 Å². The number of aryl methyl sites for hydroxylation is 2. The Bertz CT molecular complexity index is 1360. The molecule has 0 amide bonds. The average molecular weight is 488 g/mol. The van der Waals surface area contributed by atoms with E-state index < -0.39 is 0 Å². The summed E-state index contributed by atoms with van der Waals surface area (Å²) in [6.45, 7) is 5.81. The second-order valence-electron chi connectivity index (χ2n) is 8.98. The maximum absolute atomic E-state index is 13.4. The number of hydrogen-bond donors (Lipinski definition) is 0. The second kappa shape index (κ2) is 9.59. The van der Waals surface area contributed by atoms with Crippen LogP contribution in [-0.2, 0) is 13.1 Å². The molecule has 0 fully saturated rings. The van der Waals surface area contributed by atoms with Gasteiger partial charge in [0.2, 0.25) is 11.5 Å². The van der Waals surface area contributed by atoms with E-state index in [2.05, 4.69) is 36.1 Å². The molecule has 0 N–H and O–H groups in total. The Morgan fingerprint density at radius 2 is 1.72 bits per heavy atom. The molecule has 2 aliphatic heterocycles. The fourth-order valence-electron chi connectivity index (χ4n) is 4.71. The highest BCUT2D eigenvalue weighted by atomic mass is 16.5. The van der Waals surface area contributed by atoms with Crippen molar-refractivity contribution in [1.29, 1.82) is 0 Å². The fraction of sp³-hybridized carbons (Fsp3) is 0.276. The molecule has 3 aromatic rings. The Morgan fingerprint density at radius 3 is 2.42 bits per heavy atom. The van der Waals surface area contributed by atoms with Crippen molar-refractivity contribution in [2.24, 2.45) is 0 Å². The van der Waals surface area contributed by atoms with Gasteiger partial charge < -0.3 is 23.7 Å². The summed E-state index contributed by atoms with van der Waals surface area (Å²) in [7, 11) is 4.65. The molecule has 2 aliphatic rings. The summed E-state index contributed by atoms with van der Waals surface area (Å²) in [5.74, 6) is 2.82. The molecular formula is C29H29NO6. The summed E-state index contributed by atoms with van der Waals surface area (Å²) in [5.41, 5.74) is 5.35. The van der Waals surface area contributed by atoms with Gasteiger partial charge in [-0.25, -0.2) is 0 Å². The molecule has 7 nitrogen and oxygen atoms in total. The van der Waals surface area contributed by atoms with E-state index in [-0.39, 0.29) is 11.5 Å². The van der Waals surface area contributed by atoms with E-state index in [1.807, 2.05) is 19.1 Å². The standard InChI is InChI=1S/C29H29NO6/c1-17-6-8-19(9-7-17)14-30-15-21-23(35-16-30)12-18(2)25-26(31)24(36-28(21)25)13-20-10-11-22(32-3)29(34-5)27(20)33-4/h6-13H,14-16H2,1-5H3/b24-13-. The summed E-state index contributed by atoms with van der Waals surface area (Å²) in [4.78, 5) is 15.6. The first-order chi connectivity index (χ1) is 17.4. The molecule has 0 aromatic heterocycles. The first-order valence-corrected chi connectivity index (χ1v) is 11.7. The van der Waals surface area contributed by atoms with Crippen LogP contribution in [0.5, 0.6) is 28.7 Å². The smallest absolute Gasteiger partial charge is 0.232 e. The summed E-state index contributed by atoms with van der Waals surface area (Å²) in [6, 6.07) is 14.0. The quantitative estimate of drug-likeness (QED) is 0.437. The number of hydrogen-bond acceptors (Lipinski definition) is 7. The summed E-state index contributed by atoms with van der Waals surface area (Å²) in [5, 5.41) is 0. The number of ketones is 1. The number of benzene rings is 3. The number of methoxy groups -OCH3 is 3. The van der Waals surface area contributed by atoms with Gasteiger partial charge in [0.05, 0.1) is 32.5 Å². The van der Waals surface area contributed by atoms with Gasteiger partial charge >= 0.3 is 0 Å². The lowest BCUT2D eigenvalue weighted by molar-refractivity contribution is 0.0872. The van der Waals surface area contributed by atoms with Crippen molar-refractivity contribution in [3.63, 3.8) is 0 Å². The average Bonchev–Trinajstić information content (AvgIpc) is 3.22. The number of fused-ring (bicyclic) bond motifs is 3. The zero-order valence-corrected chi connectivity index (χ0v) is 21.1. The van der Waals surface area contributed by atoms with Gasteiger partial charge in [0.25, 0.3) is 0 Å². The first kappa shape index (κ1) is 23.8. The SMILES string of the molecule is COc1ccc(/C=C2\Oc3c4c(cc(C)c3C2=O)OCN(Cc2ccc(C)cc2)C4)c(OC)c1OC. The van der Waals surface area contributed by atoms with Crippen LogP contribution >= 0.6 is 0 Å². The number of ether oxygens (including phenoxy) is 5. The zero-order valence-electron chi connectivity index (χ0n) is 21.1. The third-order valence-corrected chi connectivity index (χ3v) is 6.54. The predicted molar refractivity (Wildman–Crippen MR) is 136 cm³/mol. The number of allylic oxidation sites excluding steroid dienone is 1. The largest absolute Gasteiger partial charge is 0.493 e. The molecule has 0 radical (unpaired) electrons. The number of nitrogens with zero attached hydrogens (tertiary/aromatic N) is 1. The van der Waals surface area contributed by atoms with Crippen LogP contribution in [0.1, 0.15) is 38.2 Å². The van der Waals surface area contributed by atoms with Crippen LogP contribution < -0.4 is 23.7 Å². The van der Waals surface area contributed by atoms with Gasteiger partial charge in [-0.3, -0.25) is 9.69 Å². The van der Waals surface area contributed by atoms with Crippen molar-refractivity contribution in [3.05, 3.63) is 81.6 Å². The number of Topliss-reactive ketones (excluding diaryl/α,β-unsaturated/α-hetero) is 1. The van der Waals surface area contributed by atoms with Gasteiger partial charge in [0, 0.05) is 18.7 Å². The number of carbonyl (C=O) groups excluding carboxylic acids is 1. The summed E-state index contributed by atoms with van der Waals surface area (Å²) in [6.07, 6.45) is 1.68. The zero-order chi connectivity index (χ0) is 25.4. The predicted octanol–water partition coefficient (Wildman–Crippen LogP) is 5.30. The number of carbonyl (C=O) groups is 1. The Balaban J connectivity index is 1.48. The van der Waals surface area contributed by atoms with Crippen LogP contribution in [-0.4, -0.2) is 38.7 Å². The van der Waals surface area contributed by atoms with Crippen LogP contribution in [0.3, 0.4) is 0 Å². The van der Waals surface area contributed by atoms with Gasteiger partial charge in [-0.2, -0.15) is 0 Å². The second-order valence-corrected chi connectivity index (χ2v) is 8.98. The summed E-state index contributed by atoms with van der Waals surface area (Å²) < 4.78 is 28.7. The van der Waals surface area contributed by atoms with E-state index in [4.69, 9.17) is 23.7 Å².